The van der Waals surface area contributed by atoms with Crippen LogP contribution in [0.3, 0.4) is 0 Å². The summed E-state index contributed by atoms with van der Waals surface area (Å²) in [4.78, 5) is 6.86. The summed E-state index contributed by atoms with van der Waals surface area (Å²) >= 11 is 0. The number of anilines is 1. The molecule has 0 radical (unpaired) electrons. The minimum atomic E-state index is 0.168. The molecule has 0 saturated carbocycles. The summed E-state index contributed by atoms with van der Waals surface area (Å²) in [6.07, 6.45) is 2.38. The first-order valence-electron chi connectivity index (χ1n) is 6.08. The van der Waals surface area contributed by atoms with E-state index in [1.54, 1.807) is 0 Å². The van der Waals surface area contributed by atoms with Crippen LogP contribution in [0.15, 0.2) is 28.7 Å². The van der Waals surface area contributed by atoms with Crippen molar-refractivity contribution in [2.45, 2.75) is 18.4 Å². The molecule has 2 aliphatic heterocycles. The summed E-state index contributed by atoms with van der Waals surface area (Å²) in [5.74, 6) is 0. The van der Waals surface area contributed by atoms with Crippen molar-refractivity contribution in [2.24, 2.45) is 0 Å². The van der Waals surface area contributed by atoms with Crippen molar-refractivity contribution in [3.8, 4) is 0 Å². The van der Waals surface area contributed by atoms with E-state index in [0.717, 1.165) is 36.9 Å². The van der Waals surface area contributed by atoms with Gasteiger partial charge in [0, 0.05) is 6.54 Å². The Kier molecular flexibility index (Phi) is 1.80. The number of fused-ring (bicyclic) bond motifs is 1. The molecule has 0 amide bonds. The summed E-state index contributed by atoms with van der Waals surface area (Å²) in [6.45, 7) is 2.65. The average Bonchev–Trinajstić information content (AvgIpc) is 2.91. The summed E-state index contributed by atoms with van der Waals surface area (Å²) in [5.41, 5.74) is 1.97. The zero-order valence-corrected chi connectivity index (χ0v) is 9.56. The fraction of sp³-hybridized carbons (Fsp3) is 0.462. The predicted molar refractivity (Wildman–Crippen MR) is 64.1 cm³/mol. The average molecular weight is 230 g/mol. The van der Waals surface area contributed by atoms with Crippen LogP contribution >= 0.6 is 0 Å². The Morgan fingerprint density at radius 1 is 1.24 bits per heavy atom. The molecule has 4 nitrogen and oxygen atoms in total. The Bertz CT molecular complexity index is 526. The van der Waals surface area contributed by atoms with Crippen molar-refractivity contribution in [2.75, 3.05) is 24.7 Å². The Hall–Kier alpha value is -1.55. The molecule has 0 bridgehead atoms. The molecular formula is C13H14N2O2. The van der Waals surface area contributed by atoms with E-state index in [9.17, 15) is 0 Å². The molecule has 1 aromatic heterocycles. The first-order chi connectivity index (χ1) is 8.37. The monoisotopic (exact) mass is 230 g/mol. The van der Waals surface area contributed by atoms with Gasteiger partial charge in [-0.3, -0.25) is 0 Å². The highest BCUT2D eigenvalue weighted by Crippen LogP contribution is 2.39. The molecule has 0 aliphatic carbocycles. The van der Waals surface area contributed by atoms with Crippen LogP contribution in [0.4, 0.5) is 6.01 Å². The summed E-state index contributed by atoms with van der Waals surface area (Å²) in [7, 11) is 0. The number of hydrogen-bond acceptors (Lipinski definition) is 4. The van der Waals surface area contributed by atoms with E-state index in [4.69, 9.17) is 9.15 Å². The van der Waals surface area contributed by atoms with E-state index in [1.807, 2.05) is 24.3 Å². The number of benzene rings is 1. The molecule has 2 aromatic rings. The number of oxazole rings is 1. The van der Waals surface area contributed by atoms with E-state index in [1.165, 1.54) is 12.8 Å². The molecule has 88 valence electrons. The van der Waals surface area contributed by atoms with Gasteiger partial charge in [0.05, 0.1) is 18.8 Å². The molecule has 0 N–H and O–H groups in total. The first-order valence-corrected chi connectivity index (χ1v) is 6.08. The van der Waals surface area contributed by atoms with Gasteiger partial charge in [-0.15, -0.1) is 0 Å². The maximum atomic E-state index is 5.84. The Morgan fingerprint density at radius 3 is 2.88 bits per heavy atom. The highest BCUT2D eigenvalue weighted by atomic mass is 16.5. The number of nitrogens with zero attached hydrogens (tertiary/aromatic N) is 2. The zero-order valence-electron chi connectivity index (χ0n) is 9.56. The van der Waals surface area contributed by atoms with Crippen molar-refractivity contribution in [3.05, 3.63) is 24.3 Å². The SMILES string of the molecule is c1ccc2oc(N3CCCC34COC4)nc2c1. The second-order valence-electron chi connectivity index (χ2n) is 4.94. The number of rotatable bonds is 1. The third-order valence-corrected chi connectivity index (χ3v) is 3.85. The lowest BCUT2D eigenvalue weighted by molar-refractivity contribution is -0.0520. The van der Waals surface area contributed by atoms with Crippen LogP contribution in [0.25, 0.3) is 11.1 Å². The van der Waals surface area contributed by atoms with Gasteiger partial charge in [0.2, 0.25) is 0 Å². The number of ether oxygens (including phenoxy) is 1. The molecule has 17 heavy (non-hydrogen) atoms. The molecule has 4 rings (SSSR count). The number of hydrogen-bond donors (Lipinski definition) is 0. The van der Waals surface area contributed by atoms with Gasteiger partial charge in [0.1, 0.15) is 5.52 Å². The molecule has 4 heteroatoms. The maximum absolute atomic E-state index is 5.84. The molecule has 2 aliphatic rings. The van der Waals surface area contributed by atoms with E-state index in [-0.39, 0.29) is 5.54 Å². The highest BCUT2D eigenvalue weighted by molar-refractivity contribution is 5.74. The normalized spacial score (nSPS) is 22.2. The van der Waals surface area contributed by atoms with Crippen LogP contribution in [-0.2, 0) is 4.74 Å². The zero-order chi connectivity index (χ0) is 11.3. The largest absolute Gasteiger partial charge is 0.423 e. The van der Waals surface area contributed by atoms with Crippen LogP contribution in [0.1, 0.15) is 12.8 Å². The van der Waals surface area contributed by atoms with Crippen molar-refractivity contribution in [3.63, 3.8) is 0 Å². The molecule has 2 saturated heterocycles. The van der Waals surface area contributed by atoms with Gasteiger partial charge in [-0.05, 0) is 25.0 Å². The lowest BCUT2D eigenvalue weighted by Crippen LogP contribution is -2.59. The van der Waals surface area contributed by atoms with Gasteiger partial charge >= 0.3 is 0 Å². The fourth-order valence-electron chi connectivity index (χ4n) is 2.85. The molecule has 3 heterocycles. The molecule has 0 atom stereocenters. The smallest absolute Gasteiger partial charge is 0.299 e. The van der Waals surface area contributed by atoms with E-state index in [2.05, 4.69) is 9.88 Å². The van der Waals surface area contributed by atoms with Gasteiger partial charge in [0.15, 0.2) is 5.58 Å². The lowest BCUT2D eigenvalue weighted by atomic mass is 9.94. The van der Waals surface area contributed by atoms with Crippen LogP contribution in [-0.4, -0.2) is 30.3 Å². The predicted octanol–water partition coefficient (Wildman–Crippen LogP) is 2.20. The van der Waals surface area contributed by atoms with Crippen molar-refractivity contribution < 1.29 is 9.15 Å². The van der Waals surface area contributed by atoms with Crippen molar-refractivity contribution in [1.29, 1.82) is 0 Å². The Morgan fingerprint density at radius 2 is 2.12 bits per heavy atom. The third kappa shape index (κ3) is 1.24. The van der Waals surface area contributed by atoms with Gasteiger partial charge in [-0.2, -0.15) is 4.98 Å². The second kappa shape index (κ2) is 3.23. The molecule has 0 unspecified atom stereocenters. The van der Waals surface area contributed by atoms with Crippen LogP contribution in [0, 0.1) is 0 Å². The standard InChI is InChI=1S/C13H14N2O2/c1-2-5-11-10(4-1)14-12(17-11)15-7-3-6-13(15)8-16-9-13/h1-2,4-5H,3,6-9H2. The third-order valence-electron chi connectivity index (χ3n) is 3.85. The highest BCUT2D eigenvalue weighted by Gasteiger charge is 2.49. The van der Waals surface area contributed by atoms with Gasteiger partial charge in [-0.1, -0.05) is 12.1 Å². The minimum Gasteiger partial charge on any atom is -0.423 e. The van der Waals surface area contributed by atoms with Crippen LogP contribution < -0.4 is 4.90 Å². The molecule has 2 fully saturated rings. The molecule has 1 aromatic carbocycles. The topological polar surface area (TPSA) is 38.5 Å². The van der Waals surface area contributed by atoms with Crippen molar-refractivity contribution in [1.82, 2.24) is 4.98 Å². The minimum absolute atomic E-state index is 0.168. The maximum Gasteiger partial charge on any atom is 0.299 e. The number of para-hydroxylation sites is 2. The van der Waals surface area contributed by atoms with E-state index >= 15 is 0 Å². The number of aromatic nitrogens is 1. The van der Waals surface area contributed by atoms with E-state index < -0.39 is 0 Å². The summed E-state index contributed by atoms with van der Waals surface area (Å²) in [6, 6.07) is 8.67. The quantitative estimate of drug-likeness (QED) is 0.752. The Labute approximate surface area is 99.2 Å². The molecular weight excluding hydrogens is 216 g/mol. The van der Waals surface area contributed by atoms with Gasteiger partial charge < -0.3 is 14.1 Å². The first kappa shape index (κ1) is 9.48. The van der Waals surface area contributed by atoms with Crippen LogP contribution in [0.5, 0.6) is 0 Å². The molecule has 1 spiro atoms. The fourth-order valence-corrected chi connectivity index (χ4v) is 2.85. The second-order valence-corrected chi connectivity index (χ2v) is 4.94. The lowest BCUT2D eigenvalue weighted by Gasteiger charge is -2.44. The van der Waals surface area contributed by atoms with Crippen LogP contribution in [0.2, 0.25) is 0 Å². The Balaban J connectivity index is 1.78. The van der Waals surface area contributed by atoms with E-state index in [0.29, 0.717) is 0 Å². The summed E-state index contributed by atoms with van der Waals surface area (Å²) < 4.78 is 11.2. The summed E-state index contributed by atoms with van der Waals surface area (Å²) in [5, 5.41) is 0. The van der Waals surface area contributed by atoms with Gasteiger partial charge in [0.25, 0.3) is 6.01 Å². The van der Waals surface area contributed by atoms with Gasteiger partial charge in [-0.25, -0.2) is 0 Å². The van der Waals surface area contributed by atoms with Crippen molar-refractivity contribution >= 4 is 17.1 Å².